The summed E-state index contributed by atoms with van der Waals surface area (Å²) in [5, 5.41) is 39.0. The van der Waals surface area contributed by atoms with Gasteiger partial charge in [-0.2, -0.15) is 0 Å². The molecular weight excluding hydrogens is 386 g/mol. The summed E-state index contributed by atoms with van der Waals surface area (Å²) >= 11 is 0. The van der Waals surface area contributed by atoms with Gasteiger partial charge in [0.1, 0.15) is 11.5 Å². The lowest BCUT2D eigenvalue weighted by atomic mass is 9.99. The maximum atomic E-state index is 12.7. The number of nitrogens with one attached hydrogen (secondary N) is 2. The van der Waals surface area contributed by atoms with Gasteiger partial charge in [-0.15, -0.1) is 0 Å². The van der Waals surface area contributed by atoms with Crippen molar-refractivity contribution in [3.63, 3.8) is 0 Å². The molecule has 0 unspecified atom stereocenters. The zero-order chi connectivity index (χ0) is 21.3. The molecule has 0 aliphatic carbocycles. The maximum Gasteiger partial charge on any atom is 0.189 e. The molecule has 30 heavy (non-hydrogen) atoms. The number of nitrogens with zero attached hydrogens (tertiary/aromatic N) is 2. The van der Waals surface area contributed by atoms with Crippen molar-refractivity contribution in [2.75, 3.05) is 32.8 Å². The van der Waals surface area contributed by atoms with Gasteiger partial charge < -0.3 is 26.4 Å². The van der Waals surface area contributed by atoms with E-state index in [-0.39, 0.29) is 34.3 Å². The van der Waals surface area contributed by atoms with Crippen molar-refractivity contribution in [1.82, 2.24) is 15.1 Å². The topological polar surface area (TPSA) is 149 Å². The van der Waals surface area contributed by atoms with Crippen molar-refractivity contribution in [2.45, 2.75) is 13.0 Å². The van der Waals surface area contributed by atoms with E-state index in [1.807, 2.05) is 16.8 Å². The number of nitrogens with two attached hydrogens (primary N) is 1. The van der Waals surface area contributed by atoms with E-state index in [2.05, 4.69) is 15.4 Å². The predicted octanol–water partition coefficient (Wildman–Crippen LogP) is 0.316. The molecule has 0 bridgehead atoms. The molecule has 0 aliphatic rings. The van der Waals surface area contributed by atoms with E-state index in [1.54, 1.807) is 0 Å². The van der Waals surface area contributed by atoms with Crippen LogP contribution in [0.4, 0.5) is 0 Å². The first kappa shape index (κ1) is 20.1. The van der Waals surface area contributed by atoms with E-state index < -0.39 is 0 Å². The van der Waals surface area contributed by atoms with E-state index in [0.29, 0.717) is 60.8 Å². The molecule has 9 heteroatoms. The van der Waals surface area contributed by atoms with Crippen molar-refractivity contribution in [1.29, 1.82) is 0 Å². The second kappa shape index (κ2) is 8.31. The van der Waals surface area contributed by atoms with Crippen LogP contribution < -0.4 is 21.8 Å². The fourth-order valence-corrected chi connectivity index (χ4v) is 3.91. The van der Waals surface area contributed by atoms with Gasteiger partial charge in [-0.25, -0.2) is 0 Å². The molecule has 7 N–H and O–H groups in total. The standard InChI is InChI=1S/C21H25N5O4/c22-6-1-7-24-12-2-3-13-17-16(12)21(30)19-15(29)5-4-14(28)18(19)20(17)25-26(13)10-8-23-9-11-27/h2-5,23,25,27,29-30H,1,6-11,22H2. The van der Waals surface area contributed by atoms with Crippen LogP contribution in [0.15, 0.2) is 34.1 Å². The van der Waals surface area contributed by atoms with Crippen LogP contribution >= 0.6 is 0 Å². The summed E-state index contributed by atoms with van der Waals surface area (Å²) in [6, 6.07) is 6.31. The second-order valence-electron chi connectivity index (χ2n) is 7.17. The van der Waals surface area contributed by atoms with Gasteiger partial charge in [0.2, 0.25) is 0 Å². The van der Waals surface area contributed by atoms with Crippen molar-refractivity contribution < 1.29 is 15.3 Å². The number of benzene rings is 3. The molecule has 0 spiro atoms. The third-order valence-corrected chi connectivity index (χ3v) is 5.26. The van der Waals surface area contributed by atoms with Gasteiger partial charge in [0.25, 0.3) is 0 Å². The highest BCUT2D eigenvalue weighted by atomic mass is 16.3. The minimum atomic E-state index is -0.292. The van der Waals surface area contributed by atoms with Crippen molar-refractivity contribution in [3.8, 4) is 11.5 Å². The number of phenols is 2. The van der Waals surface area contributed by atoms with Gasteiger partial charge in [-0.1, -0.05) is 0 Å². The summed E-state index contributed by atoms with van der Waals surface area (Å²) < 4.78 is 1.88. The summed E-state index contributed by atoms with van der Waals surface area (Å²) in [7, 11) is 0. The molecule has 0 radical (unpaired) electrons. The summed E-state index contributed by atoms with van der Waals surface area (Å²) in [5.74, 6) is -0.322. The number of phenolic OH excluding ortho intramolecular Hbond substituents is 2. The third kappa shape index (κ3) is 3.26. The molecule has 158 valence electrons. The Morgan fingerprint density at radius 3 is 2.67 bits per heavy atom. The SMILES string of the molecule is NCCCN=c1ccc2c3c1c(O)c1c(O)ccc(=O)c1c3[nH]n2CCNCCO. The third-order valence-electron chi connectivity index (χ3n) is 5.26. The Hall–Kier alpha value is -3.14. The highest BCUT2D eigenvalue weighted by Gasteiger charge is 2.21. The van der Waals surface area contributed by atoms with Crippen LogP contribution in [0.1, 0.15) is 6.42 Å². The number of aliphatic hydroxyl groups excluding tert-OH is 1. The average Bonchev–Trinajstić information content (AvgIpc) is 3.10. The molecule has 1 heterocycles. The molecule has 0 saturated carbocycles. The molecule has 0 amide bonds. The predicted molar refractivity (Wildman–Crippen MR) is 116 cm³/mol. The van der Waals surface area contributed by atoms with Gasteiger partial charge >= 0.3 is 0 Å². The largest absolute Gasteiger partial charge is 0.507 e. The van der Waals surface area contributed by atoms with Crippen molar-refractivity contribution in [3.05, 3.63) is 39.8 Å². The molecule has 0 aliphatic heterocycles. The van der Waals surface area contributed by atoms with E-state index in [1.165, 1.54) is 12.1 Å². The molecule has 1 aromatic heterocycles. The van der Waals surface area contributed by atoms with E-state index in [9.17, 15) is 15.0 Å². The number of aromatic hydroxyl groups is 2. The van der Waals surface area contributed by atoms with Crippen molar-refractivity contribution >= 4 is 32.6 Å². The Bertz CT molecular complexity index is 1320. The molecule has 9 nitrogen and oxygen atoms in total. The van der Waals surface area contributed by atoms with E-state index >= 15 is 0 Å². The van der Waals surface area contributed by atoms with Gasteiger partial charge in [0.15, 0.2) is 5.43 Å². The van der Waals surface area contributed by atoms with Crippen LogP contribution in [0, 0.1) is 0 Å². The zero-order valence-corrected chi connectivity index (χ0v) is 16.5. The summed E-state index contributed by atoms with van der Waals surface area (Å²) in [4.78, 5) is 17.3. The molecular formula is C21H25N5O4. The number of hydrogen-bond donors (Lipinski definition) is 6. The smallest absolute Gasteiger partial charge is 0.189 e. The monoisotopic (exact) mass is 411 g/mol. The van der Waals surface area contributed by atoms with Gasteiger partial charge in [-0.05, 0) is 37.2 Å². The molecule has 0 atom stereocenters. The Morgan fingerprint density at radius 1 is 1.07 bits per heavy atom. The average molecular weight is 411 g/mol. The first-order valence-corrected chi connectivity index (χ1v) is 9.96. The lowest BCUT2D eigenvalue weighted by molar-refractivity contribution is 0.291. The normalized spacial score (nSPS) is 12.7. The van der Waals surface area contributed by atoms with Crippen LogP contribution in [0.3, 0.4) is 0 Å². The van der Waals surface area contributed by atoms with E-state index in [4.69, 9.17) is 10.8 Å². The quantitative estimate of drug-likeness (QED) is 0.182. The highest BCUT2D eigenvalue weighted by Crippen LogP contribution is 2.41. The number of H-pyrrole nitrogens is 1. The number of rotatable bonds is 8. The molecule has 0 fully saturated rings. The Labute approximate surface area is 171 Å². The lowest BCUT2D eigenvalue weighted by Gasteiger charge is -2.09. The minimum absolute atomic E-state index is 0.0498. The van der Waals surface area contributed by atoms with Gasteiger partial charge in [0.05, 0.1) is 45.7 Å². The molecule has 0 saturated heterocycles. The number of aliphatic hydroxyl groups is 1. The zero-order valence-electron chi connectivity index (χ0n) is 16.5. The number of hydrogen-bond acceptors (Lipinski definition) is 7. The van der Waals surface area contributed by atoms with E-state index in [0.717, 1.165) is 5.52 Å². The van der Waals surface area contributed by atoms with Crippen LogP contribution in [0.5, 0.6) is 11.5 Å². The number of aromatic amines is 1. The highest BCUT2D eigenvalue weighted by molar-refractivity contribution is 6.23. The fourth-order valence-electron chi connectivity index (χ4n) is 3.91. The van der Waals surface area contributed by atoms with Crippen LogP contribution in [0.2, 0.25) is 0 Å². The minimum Gasteiger partial charge on any atom is -0.507 e. The first-order chi connectivity index (χ1) is 14.6. The van der Waals surface area contributed by atoms with Crippen LogP contribution in [-0.4, -0.2) is 57.9 Å². The Balaban J connectivity index is 2.06. The van der Waals surface area contributed by atoms with Crippen LogP contribution in [-0.2, 0) is 6.54 Å². The molecule has 3 aromatic carbocycles. The Morgan fingerprint density at radius 2 is 1.90 bits per heavy atom. The van der Waals surface area contributed by atoms with Crippen molar-refractivity contribution in [2.24, 2.45) is 10.7 Å². The van der Waals surface area contributed by atoms with Gasteiger partial charge in [-0.3, -0.25) is 19.6 Å². The van der Waals surface area contributed by atoms with Crippen LogP contribution in [0.25, 0.3) is 32.6 Å². The second-order valence-corrected chi connectivity index (χ2v) is 7.17. The molecule has 4 rings (SSSR count). The Kier molecular flexibility index (Phi) is 5.58. The summed E-state index contributed by atoms with van der Waals surface area (Å²) in [6.45, 7) is 2.71. The fraction of sp³-hybridized carbons (Fsp3) is 0.333. The number of fused-ring (bicyclic) bond motifs is 2. The summed E-state index contributed by atoms with van der Waals surface area (Å²) in [6.07, 6.45) is 0.710. The first-order valence-electron chi connectivity index (χ1n) is 9.96. The summed E-state index contributed by atoms with van der Waals surface area (Å²) in [5.41, 5.74) is 6.64. The molecule has 4 aromatic rings. The number of aromatic nitrogens is 2. The lowest BCUT2D eigenvalue weighted by Crippen LogP contribution is -2.23. The maximum absolute atomic E-state index is 12.7. The van der Waals surface area contributed by atoms with Gasteiger partial charge in [0, 0.05) is 25.0 Å².